The van der Waals surface area contributed by atoms with Crippen LogP contribution in [0.5, 0.6) is 0 Å². The first-order valence-corrected chi connectivity index (χ1v) is 10.9. The predicted octanol–water partition coefficient (Wildman–Crippen LogP) is 4.61. The van der Waals surface area contributed by atoms with Gasteiger partial charge in [0.2, 0.25) is 5.91 Å². The van der Waals surface area contributed by atoms with Gasteiger partial charge in [-0.2, -0.15) is 0 Å². The smallest absolute Gasteiger partial charge is 0.407 e. The lowest BCUT2D eigenvalue weighted by molar-refractivity contribution is -0.117. The van der Waals surface area contributed by atoms with Gasteiger partial charge in [-0.05, 0) is 42.7 Å². The van der Waals surface area contributed by atoms with E-state index in [9.17, 15) is 14.4 Å². The molecular weight excluding hydrogens is 408 g/mol. The van der Waals surface area contributed by atoms with E-state index in [4.69, 9.17) is 9.47 Å². The van der Waals surface area contributed by atoms with Crippen molar-refractivity contribution in [3.8, 4) is 0 Å². The van der Waals surface area contributed by atoms with Crippen LogP contribution >= 0.6 is 0 Å². The normalized spacial score (nSPS) is 19.6. The molecule has 3 rings (SSSR count). The summed E-state index contributed by atoms with van der Waals surface area (Å²) in [7, 11) is 0. The van der Waals surface area contributed by atoms with Crippen LogP contribution in [0.3, 0.4) is 0 Å². The number of esters is 1. The van der Waals surface area contributed by atoms with Gasteiger partial charge >= 0.3 is 12.1 Å². The first-order valence-electron chi connectivity index (χ1n) is 10.9. The second-order valence-electron chi connectivity index (χ2n) is 7.90. The van der Waals surface area contributed by atoms with E-state index in [0.717, 1.165) is 12.0 Å². The summed E-state index contributed by atoms with van der Waals surface area (Å²) in [6, 6.07) is 14.0. The van der Waals surface area contributed by atoms with Crippen LogP contribution in [0.1, 0.15) is 61.6 Å². The van der Waals surface area contributed by atoms with Crippen molar-refractivity contribution < 1.29 is 23.9 Å². The molecule has 32 heavy (non-hydrogen) atoms. The molecule has 0 saturated heterocycles. The summed E-state index contributed by atoms with van der Waals surface area (Å²) in [6.07, 6.45) is 0.168. The third-order valence-electron chi connectivity index (χ3n) is 5.84. The summed E-state index contributed by atoms with van der Waals surface area (Å²) in [5, 5.41) is 2.97. The van der Waals surface area contributed by atoms with Crippen molar-refractivity contribution >= 4 is 23.7 Å². The number of hydrogen-bond donors (Lipinski definition) is 1. The maximum Gasteiger partial charge on any atom is 0.407 e. The highest BCUT2D eigenvalue weighted by Crippen LogP contribution is 2.42. The summed E-state index contributed by atoms with van der Waals surface area (Å²) >= 11 is 0. The predicted molar refractivity (Wildman–Crippen MR) is 121 cm³/mol. The molecule has 2 aromatic carbocycles. The number of benzene rings is 2. The average Bonchev–Trinajstić information content (AvgIpc) is 2.79. The van der Waals surface area contributed by atoms with Crippen molar-refractivity contribution in [1.82, 2.24) is 5.32 Å². The van der Waals surface area contributed by atoms with Crippen molar-refractivity contribution in [2.75, 3.05) is 11.5 Å². The molecule has 1 aliphatic heterocycles. The van der Waals surface area contributed by atoms with E-state index in [-0.39, 0.29) is 31.1 Å². The zero-order valence-electron chi connectivity index (χ0n) is 19.0. The molecule has 0 bridgehead atoms. The van der Waals surface area contributed by atoms with Crippen LogP contribution in [-0.4, -0.2) is 30.6 Å². The van der Waals surface area contributed by atoms with Gasteiger partial charge in [0.1, 0.15) is 6.61 Å². The number of fused-ring (bicyclic) bond motifs is 1. The highest BCUT2D eigenvalue weighted by molar-refractivity contribution is 5.96. The summed E-state index contributed by atoms with van der Waals surface area (Å²) in [6.45, 7) is 7.69. The number of rotatable bonds is 6. The monoisotopic (exact) mass is 438 g/mol. The van der Waals surface area contributed by atoms with Crippen LogP contribution in [0.4, 0.5) is 10.5 Å². The minimum atomic E-state index is -0.552. The zero-order valence-corrected chi connectivity index (χ0v) is 19.0. The van der Waals surface area contributed by atoms with Gasteiger partial charge in [-0.25, -0.2) is 9.59 Å². The highest BCUT2D eigenvalue weighted by atomic mass is 16.5. The van der Waals surface area contributed by atoms with E-state index >= 15 is 0 Å². The summed E-state index contributed by atoms with van der Waals surface area (Å²) in [4.78, 5) is 39.2. The third-order valence-corrected chi connectivity index (χ3v) is 5.84. The molecule has 0 radical (unpaired) electrons. The van der Waals surface area contributed by atoms with Crippen molar-refractivity contribution in [2.24, 2.45) is 5.92 Å². The number of nitrogens with zero attached hydrogens (tertiary/aromatic N) is 1. The Morgan fingerprint density at radius 1 is 1.03 bits per heavy atom. The van der Waals surface area contributed by atoms with Crippen molar-refractivity contribution in [3.05, 3.63) is 65.2 Å². The summed E-state index contributed by atoms with van der Waals surface area (Å²) in [5.41, 5.74) is 2.64. The molecule has 0 spiro atoms. The molecule has 3 atom stereocenters. The minimum Gasteiger partial charge on any atom is -0.462 e. The molecule has 170 valence electrons. The first kappa shape index (κ1) is 23.3. The lowest BCUT2D eigenvalue weighted by atomic mass is 9.80. The Morgan fingerprint density at radius 2 is 1.75 bits per heavy atom. The van der Waals surface area contributed by atoms with Gasteiger partial charge in [0, 0.05) is 24.6 Å². The Bertz CT molecular complexity index is 976. The molecule has 7 nitrogen and oxygen atoms in total. The maximum absolute atomic E-state index is 12.7. The fraction of sp³-hybridized carbons (Fsp3) is 0.400. The number of alkyl carbamates (subject to hydrolysis) is 1. The van der Waals surface area contributed by atoms with E-state index in [1.54, 1.807) is 30.0 Å². The molecule has 0 fully saturated rings. The quantitative estimate of drug-likeness (QED) is 0.666. The summed E-state index contributed by atoms with van der Waals surface area (Å²) < 4.78 is 10.6. The molecule has 1 heterocycles. The molecule has 1 unspecified atom stereocenters. The number of anilines is 1. The molecule has 1 aliphatic rings. The highest BCUT2D eigenvalue weighted by Gasteiger charge is 2.40. The minimum absolute atomic E-state index is 0.0843. The van der Waals surface area contributed by atoms with E-state index < -0.39 is 18.1 Å². The van der Waals surface area contributed by atoms with Crippen molar-refractivity contribution in [2.45, 2.75) is 52.8 Å². The second-order valence-corrected chi connectivity index (χ2v) is 7.90. The standard InChI is InChI=1S/C25H30N2O5/c1-5-21-16(3)23(26-25(30)32-15-18-10-8-7-9-11-18)20-14-19(24(29)31-6-2)12-13-22(20)27(21)17(4)28/h7-14,16,21,23H,5-6,15H2,1-4H3,(H,26,30)/t16-,21-,23?/m0/s1. The summed E-state index contributed by atoms with van der Waals surface area (Å²) in [5.74, 6) is -0.627. The number of ether oxygens (including phenoxy) is 2. The molecular formula is C25H30N2O5. The van der Waals surface area contributed by atoms with Gasteiger partial charge in [-0.1, -0.05) is 44.2 Å². The van der Waals surface area contributed by atoms with Crippen LogP contribution in [0, 0.1) is 5.92 Å². The topological polar surface area (TPSA) is 84.9 Å². The second kappa shape index (κ2) is 10.3. The van der Waals surface area contributed by atoms with Crippen molar-refractivity contribution in [3.63, 3.8) is 0 Å². The number of carbonyl (C=O) groups is 3. The third kappa shape index (κ3) is 4.93. The van der Waals surface area contributed by atoms with Crippen LogP contribution in [0.15, 0.2) is 48.5 Å². The van der Waals surface area contributed by atoms with Gasteiger partial charge in [0.25, 0.3) is 0 Å². The zero-order chi connectivity index (χ0) is 23.3. The Kier molecular flexibility index (Phi) is 7.51. The van der Waals surface area contributed by atoms with Gasteiger partial charge in [-0.15, -0.1) is 0 Å². The van der Waals surface area contributed by atoms with E-state index in [0.29, 0.717) is 16.8 Å². The Hall–Kier alpha value is -3.35. The van der Waals surface area contributed by atoms with E-state index in [1.807, 2.05) is 44.2 Å². The van der Waals surface area contributed by atoms with Crippen LogP contribution in [-0.2, 0) is 20.9 Å². The molecule has 7 heteroatoms. The fourth-order valence-corrected chi connectivity index (χ4v) is 4.34. The SMILES string of the molecule is CCOC(=O)c1ccc2c(c1)C(NC(=O)OCc1ccccc1)[C@@H](C)[C@H](CC)N2C(C)=O. The lowest BCUT2D eigenvalue weighted by Crippen LogP contribution is -2.51. The Balaban J connectivity index is 1.92. The molecule has 0 saturated carbocycles. The van der Waals surface area contributed by atoms with Crippen LogP contribution in [0.25, 0.3) is 0 Å². The number of amides is 2. The van der Waals surface area contributed by atoms with Gasteiger partial charge in [-0.3, -0.25) is 4.79 Å². The van der Waals surface area contributed by atoms with Crippen molar-refractivity contribution in [1.29, 1.82) is 0 Å². The molecule has 2 aromatic rings. The average molecular weight is 439 g/mol. The first-order chi connectivity index (χ1) is 15.4. The maximum atomic E-state index is 12.7. The largest absolute Gasteiger partial charge is 0.462 e. The van der Waals surface area contributed by atoms with E-state index in [2.05, 4.69) is 5.32 Å². The van der Waals surface area contributed by atoms with Gasteiger partial charge in [0.15, 0.2) is 0 Å². The van der Waals surface area contributed by atoms with Gasteiger partial charge < -0.3 is 19.7 Å². The molecule has 0 aliphatic carbocycles. The van der Waals surface area contributed by atoms with Crippen LogP contribution < -0.4 is 10.2 Å². The van der Waals surface area contributed by atoms with Gasteiger partial charge in [0.05, 0.1) is 18.2 Å². The Labute approximate surface area is 188 Å². The number of nitrogens with one attached hydrogen (secondary N) is 1. The molecule has 2 amide bonds. The number of hydrogen-bond acceptors (Lipinski definition) is 5. The fourth-order valence-electron chi connectivity index (χ4n) is 4.34. The molecule has 0 aromatic heterocycles. The number of carbonyl (C=O) groups excluding carboxylic acids is 3. The molecule has 1 N–H and O–H groups in total. The lowest BCUT2D eigenvalue weighted by Gasteiger charge is -2.45. The van der Waals surface area contributed by atoms with E-state index in [1.165, 1.54) is 6.92 Å². The Morgan fingerprint density at radius 3 is 2.38 bits per heavy atom. The van der Waals surface area contributed by atoms with Crippen LogP contribution in [0.2, 0.25) is 0 Å².